The van der Waals surface area contributed by atoms with E-state index in [1.54, 1.807) is 14.2 Å². The number of aliphatic hydroxyl groups is 1. The summed E-state index contributed by atoms with van der Waals surface area (Å²) in [6, 6.07) is 8.10. The van der Waals surface area contributed by atoms with Gasteiger partial charge in [0.2, 0.25) is 0 Å². The molecule has 0 heterocycles. The van der Waals surface area contributed by atoms with Crippen LogP contribution in [0.5, 0.6) is 11.5 Å². The van der Waals surface area contributed by atoms with Crippen LogP contribution in [0.3, 0.4) is 0 Å². The third kappa shape index (κ3) is 5.70. The molecule has 1 aromatic rings. The van der Waals surface area contributed by atoms with Gasteiger partial charge in [0, 0.05) is 6.04 Å². The predicted octanol–water partition coefficient (Wildman–Crippen LogP) is 3.44. The van der Waals surface area contributed by atoms with Crippen LogP contribution in [0.25, 0.3) is 0 Å². The zero-order valence-electron chi connectivity index (χ0n) is 15.5. The SMILES string of the molecule is CCC1C(N(C)C)CC(O)C[C@@H]1C.COc1ccccc1OC. The Kier molecular flexibility index (Phi) is 8.42. The van der Waals surface area contributed by atoms with Gasteiger partial charge in [-0.2, -0.15) is 0 Å². The Morgan fingerprint density at radius 2 is 1.61 bits per heavy atom. The highest BCUT2D eigenvalue weighted by Gasteiger charge is 2.34. The molecular weight excluding hydrogens is 290 g/mol. The Morgan fingerprint density at radius 1 is 1.09 bits per heavy atom. The fourth-order valence-corrected chi connectivity index (χ4v) is 3.59. The number of aliphatic hydroxyl groups excluding tert-OH is 1. The number of methoxy groups -OCH3 is 2. The minimum absolute atomic E-state index is 0.0785. The van der Waals surface area contributed by atoms with E-state index in [-0.39, 0.29) is 6.10 Å². The van der Waals surface area contributed by atoms with Crippen molar-refractivity contribution >= 4 is 0 Å². The van der Waals surface area contributed by atoms with Crippen LogP contribution >= 0.6 is 0 Å². The van der Waals surface area contributed by atoms with Crippen molar-refractivity contribution in [1.29, 1.82) is 0 Å². The largest absolute Gasteiger partial charge is 0.493 e. The van der Waals surface area contributed by atoms with Crippen LogP contribution in [0.2, 0.25) is 0 Å². The van der Waals surface area contributed by atoms with Gasteiger partial charge in [-0.3, -0.25) is 0 Å². The molecule has 1 saturated carbocycles. The highest BCUT2D eigenvalue weighted by molar-refractivity contribution is 5.39. The van der Waals surface area contributed by atoms with Gasteiger partial charge < -0.3 is 19.5 Å². The summed E-state index contributed by atoms with van der Waals surface area (Å²) in [6.07, 6.45) is 3.10. The van der Waals surface area contributed by atoms with E-state index in [2.05, 4.69) is 32.8 Å². The first-order chi connectivity index (χ1) is 10.9. The standard InChI is InChI=1S/C11H23NO.C8H10O2/c1-5-10-8(2)6-9(13)7-11(10)12(3)4;1-9-7-5-3-4-6-8(7)10-2/h8-11,13H,5-7H2,1-4H3;3-6H,1-2H3/t8-,9?,10?,11?;/m0./s1. The van der Waals surface area contributed by atoms with Gasteiger partial charge >= 0.3 is 0 Å². The molecule has 0 aliphatic heterocycles. The topological polar surface area (TPSA) is 41.9 Å². The van der Waals surface area contributed by atoms with Crippen molar-refractivity contribution < 1.29 is 14.6 Å². The van der Waals surface area contributed by atoms with Crippen molar-refractivity contribution in [3.63, 3.8) is 0 Å². The van der Waals surface area contributed by atoms with E-state index in [0.29, 0.717) is 12.0 Å². The third-order valence-electron chi connectivity index (χ3n) is 4.81. The molecule has 132 valence electrons. The van der Waals surface area contributed by atoms with E-state index < -0.39 is 0 Å². The van der Waals surface area contributed by atoms with Crippen LogP contribution < -0.4 is 9.47 Å². The van der Waals surface area contributed by atoms with Crippen molar-refractivity contribution in [1.82, 2.24) is 4.90 Å². The van der Waals surface area contributed by atoms with E-state index in [4.69, 9.17) is 9.47 Å². The van der Waals surface area contributed by atoms with E-state index in [1.165, 1.54) is 6.42 Å². The Balaban J connectivity index is 0.000000238. The van der Waals surface area contributed by atoms with Gasteiger partial charge in [-0.25, -0.2) is 0 Å². The molecule has 4 atom stereocenters. The average Bonchev–Trinajstić information content (AvgIpc) is 2.54. The van der Waals surface area contributed by atoms with Gasteiger partial charge in [-0.15, -0.1) is 0 Å². The maximum Gasteiger partial charge on any atom is 0.160 e. The quantitative estimate of drug-likeness (QED) is 0.922. The van der Waals surface area contributed by atoms with Gasteiger partial charge in [0.15, 0.2) is 11.5 Å². The highest BCUT2D eigenvalue weighted by atomic mass is 16.5. The van der Waals surface area contributed by atoms with Gasteiger partial charge in [0.25, 0.3) is 0 Å². The van der Waals surface area contributed by atoms with E-state index in [1.807, 2.05) is 24.3 Å². The molecule has 0 spiro atoms. The Hall–Kier alpha value is -1.26. The molecule has 0 radical (unpaired) electrons. The summed E-state index contributed by atoms with van der Waals surface area (Å²) in [7, 11) is 7.49. The lowest BCUT2D eigenvalue weighted by atomic mass is 9.74. The highest BCUT2D eigenvalue weighted by Crippen LogP contribution is 2.34. The molecule has 1 N–H and O–H groups in total. The first-order valence-electron chi connectivity index (χ1n) is 8.46. The Morgan fingerprint density at radius 3 is 2.00 bits per heavy atom. The number of para-hydroxylation sites is 2. The fourth-order valence-electron chi connectivity index (χ4n) is 3.59. The Labute approximate surface area is 141 Å². The summed E-state index contributed by atoms with van der Waals surface area (Å²) in [5.74, 6) is 2.97. The molecule has 1 aliphatic carbocycles. The third-order valence-corrected chi connectivity index (χ3v) is 4.81. The van der Waals surface area contributed by atoms with Crippen molar-refractivity contribution in [3.05, 3.63) is 24.3 Å². The zero-order chi connectivity index (χ0) is 17.4. The first-order valence-corrected chi connectivity index (χ1v) is 8.46. The maximum absolute atomic E-state index is 9.69. The van der Waals surface area contributed by atoms with Crippen molar-refractivity contribution in [3.8, 4) is 11.5 Å². The van der Waals surface area contributed by atoms with Crippen LogP contribution in [0.1, 0.15) is 33.1 Å². The lowest BCUT2D eigenvalue weighted by Crippen LogP contribution is -2.45. The number of hydrogen-bond donors (Lipinski definition) is 1. The molecule has 1 aliphatic rings. The summed E-state index contributed by atoms with van der Waals surface area (Å²) in [5.41, 5.74) is 0. The second kappa shape index (κ2) is 9.78. The number of benzene rings is 1. The fraction of sp³-hybridized carbons (Fsp3) is 0.684. The smallest absolute Gasteiger partial charge is 0.160 e. The molecule has 2 rings (SSSR count). The monoisotopic (exact) mass is 323 g/mol. The molecule has 1 aromatic carbocycles. The van der Waals surface area contributed by atoms with Crippen molar-refractivity contribution in [2.24, 2.45) is 11.8 Å². The van der Waals surface area contributed by atoms with E-state index in [9.17, 15) is 5.11 Å². The van der Waals surface area contributed by atoms with Gasteiger partial charge in [0.1, 0.15) is 0 Å². The van der Waals surface area contributed by atoms with Crippen LogP contribution in [0.4, 0.5) is 0 Å². The lowest BCUT2D eigenvalue weighted by molar-refractivity contribution is 0.0142. The predicted molar refractivity (Wildman–Crippen MR) is 95.2 cm³/mol. The van der Waals surface area contributed by atoms with Crippen LogP contribution in [-0.4, -0.2) is 50.5 Å². The van der Waals surface area contributed by atoms with Gasteiger partial charge in [-0.1, -0.05) is 32.4 Å². The number of nitrogens with zero attached hydrogens (tertiary/aromatic N) is 1. The summed E-state index contributed by atoms with van der Waals surface area (Å²) in [6.45, 7) is 4.53. The molecule has 0 amide bonds. The molecule has 3 unspecified atom stereocenters. The van der Waals surface area contributed by atoms with Crippen LogP contribution in [-0.2, 0) is 0 Å². The second-order valence-electron chi connectivity index (χ2n) is 6.56. The van der Waals surface area contributed by atoms with Crippen LogP contribution in [0, 0.1) is 11.8 Å². The number of hydrogen-bond acceptors (Lipinski definition) is 4. The number of rotatable bonds is 4. The van der Waals surface area contributed by atoms with Crippen LogP contribution in [0.15, 0.2) is 24.3 Å². The minimum Gasteiger partial charge on any atom is -0.493 e. The molecule has 0 bridgehead atoms. The molecule has 0 saturated heterocycles. The molecule has 0 aromatic heterocycles. The molecule has 1 fully saturated rings. The molecule has 4 heteroatoms. The average molecular weight is 323 g/mol. The van der Waals surface area contributed by atoms with Gasteiger partial charge in [-0.05, 0) is 50.9 Å². The summed E-state index contributed by atoms with van der Waals surface area (Å²) in [4.78, 5) is 2.27. The zero-order valence-corrected chi connectivity index (χ0v) is 15.5. The lowest BCUT2D eigenvalue weighted by Gasteiger charge is -2.42. The summed E-state index contributed by atoms with van der Waals surface area (Å²) in [5, 5.41) is 9.69. The Bertz CT molecular complexity index is 427. The van der Waals surface area contributed by atoms with E-state index in [0.717, 1.165) is 30.3 Å². The molecule has 4 nitrogen and oxygen atoms in total. The second-order valence-corrected chi connectivity index (χ2v) is 6.56. The first kappa shape index (κ1) is 19.8. The summed E-state index contributed by atoms with van der Waals surface area (Å²) >= 11 is 0. The minimum atomic E-state index is -0.0785. The van der Waals surface area contributed by atoms with Crippen molar-refractivity contribution in [2.45, 2.75) is 45.3 Å². The summed E-state index contributed by atoms with van der Waals surface area (Å²) < 4.78 is 10.0. The normalized spacial score (nSPS) is 27.1. The van der Waals surface area contributed by atoms with E-state index >= 15 is 0 Å². The van der Waals surface area contributed by atoms with Gasteiger partial charge in [0.05, 0.1) is 20.3 Å². The molecular formula is C19H33NO3. The molecule has 23 heavy (non-hydrogen) atoms. The van der Waals surface area contributed by atoms with Crippen molar-refractivity contribution in [2.75, 3.05) is 28.3 Å². The maximum atomic E-state index is 9.69. The number of ether oxygens (including phenoxy) is 2.